The van der Waals surface area contributed by atoms with Gasteiger partial charge in [-0.05, 0) is 59.9 Å². The van der Waals surface area contributed by atoms with Crippen molar-refractivity contribution in [3.63, 3.8) is 0 Å². The largest absolute Gasteiger partial charge is 0.573 e. The first-order valence-electron chi connectivity index (χ1n) is 13.2. The summed E-state index contributed by atoms with van der Waals surface area (Å²) in [5.74, 6) is -9.57. The Balaban J connectivity index is 1.52. The molecule has 0 bridgehead atoms. The van der Waals surface area contributed by atoms with Gasteiger partial charge in [0.25, 0.3) is 0 Å². The molecule has 3 aromatic rings. The van der Waals surface area contributed by atoms with E-state index in [1.165, 1.54) is 12.8 Å². The van der Waals surface area contributed by atoms with Gasteiger partial charge in [-0.25, -0.2) is 17.6 Å². The van der Waals surface area contributed by atoms with E-state index in [0.29, 0.717) is 23.6 Å². The zero-order valence-electron chi connectivity index (χ0n) is 21.9. The molecule has 11 heteroatoms. The molecule has 222 valence electrons. The lowest BCUT2D eigenvalue weighted by atomic mass is 9.89. The number of rotatable bonds is 8. The van der Waals surface area contributed by atoms with Crippen molar-refractivity contribution < 1.29 is 49.0 Å². The topological polar surface area (TPSA) is 18.5 Å². The summed E-state index contributed by atoms with van der Waals surface area (Å²) in [6, 6.07) is 8.32. The van der Waals surface area contributed by atoms with Gasteiger partial charge in [-0.15, -0.1) is 13.2 Å². The van der Waals surface area contributed by atoms with Crippen LogP contribution in [0.5, 0.6) is 11.5 Å². The Hall–Kier alpha value is -3.37. The number of hydrogen-bond donors (Lipinski definition) is 0. The van der Waals surface area contributed by atoms with Crippen LogP contribution < -0.4 is 9.47 Å². The Morgan fingerprint density at radius 1 is 0.707 bits per heavy atom. The highest BCUT2D eigenvalue weighted by Gasteiger charge is 2.42. The predicted octanol–water partition coefficient (Wildman–Crippen LogP) is 10.4. The third kappa shape index (κ3) is 7.48. The molecule has 1 saturated carbocycles. The molecule has 1 aliphatic carbocycles. The van der Waals surface area contributed by atoms with Gasteiger partial charge in [-0.3, -0.25) is 0 Å². The van der Waals surface area contributed by atoms with Crippen LogP contribution in [-0.4, -0.2) is 6.36 Å². The monoisotopic (exact) mass is 590 g/mol. The molecular weight excluding hydrogens is 563 g/mol. The molecule has 3 aromatic carbocycles. The van der Waals surface area contributed by atoms with Crippen LogP contribution in [0.3, 0.4) is 0 Å². The molecule has 0 heterocycles. The first-order valence-corrected chi connectivity index (χ1v) is 13.2. The standard InChI is InChI=1S/C30H27F9O2/c1-2-4-17-5-3-6-18(8-7-17)19-9-11-20(12-10-19)21-13-23(31)27(24(32)14-21)29(35,36)40-22-15-25(33)28(26(34)16-22)41-30(37,38)39/h9-18H,2-8H2,1H3. The van der Waals surface area contributed by atoms with Crippen LogP contribution in [-0.2, 0) is 6.11 Å². The Bertz CT molecular complexity index is 1310. The quantitative estimate of drug-likeness (QED) is 0.192. The van der Waals surface area contributed by atoms with Crippen LogP contribution in [0.25, 0.3) is 11.1 Å². The molecule has 0 saturated heterocycles. The molecular formula is C30H27F9O2. The maximum atomic E-state index is 14.8. The van der Waals surface area contributed by atoms with Gasteiger partial charge in [0.05, 0.1) is 0 Å². The lowest BCUT2D eigenvalue weighted by Crippen LogP contribution is -2.25. The highest BCUT2D eigenvalue weighted by atomic mass is 19.4. The number of ether oxygens (including phenoxy) is 2. The van der Waals surface area contributed by atoms with Gasteiger partial charge >= 0.3 is 12.5 Å². The maximum absolute atomic E-state index is 14.8. The minimum atomic E-state index is -5.46. The highest BCUT2D eigenvalue weighted by Crippen LogP contribution is 2.40. The van der Waals surface area contributed by atoms with Crippen LogP contribution >= 0.6 is 0 Å². The average Bonchev–Trinajstić information content (AvgIpc) is 3.11. The summed E-state index contributed by atoms with van der Waals surface area (Å²) < 4.78 is 131. The van der Waals surface area contributed by atoms with E-state index < -0.39 is 52.8 Å². The first kappa shape index (κ1) is 30.6. The van der Waals surface area contributed by atoms with Crippen molar-refractivity contribution in [2.45, 2.75) is 70.3 Å². The lowest BCUT2D eigenvalue weighted by Gasteiger charge is -2.21. The van der Waals surface area contributed by atoms with E-state index in [2.05, 4.69) is 16.4 Å². The van der Waals surface area contributed by atoms with Crippen molar-refractivity contribution in [2.75, 3.05) is 0 Å². The molecule has 0 amide bonds. The van der Waals surface area contributed by atoms with E-state index in [4.69, 9.17) is 0 Å². The van der Waals surface area contributed by atoms with Gasteiger partial charge < -0.3 is 9.47 Å². The number of hydrogen-bond acceptors (Lipinski definition) is 2. The summed E-state index contributed by atoms with van der Waals surface area (Å²) in [4.78, 5) is 0. The first-order chi connectivity index (χ1) is 19.3. The van der Waals surface area contributed by atoms with E-state index >= 15 is 0 Å². The second-order valence-electron chi connectivity index (χ2n) is 10.2. The van der Waals surface area contributed by atoms with Crippen molar-refractivity contribution >= 4 is 0 Å². The fourth-order valence-electron chi connectivity index (χ4n) is 5.38. The van der Waals surface area contributed by atoms with Gasteiger partial charge in [0, 0.05) is 12.1 Å². The molecule has 1 aliphatic rings. The zero-order valence-corrected chi connectivity index (χ0v) is 21.9. The molecule has 0 N–H and O–H groups in total. The van der Waals surface area contributed by atoms with Crippen molar-refractivity contribution in [1.82, 2.24) is 0 Å². The average molecular weight is 591 g/mol. The van der Waals surface area contributed by atoms with Crippen molar-refractivity contribution in [2.24, 2.45) is 5.92 Å². The number of benzene rings is 3. The second kappa shape index (κ2) is 12.2. The SMILES string of the molecule is CCCC1CCCC(c2ccc(-c3cc(F)c(C(F)(F)Oc4cc(F)c(OC(F)(F)F)c(F)c4)c(F)c3)cc2)CC1. The molecule has 0 aliphatic heterocycles. The van der Waals surface area contributed by atoms with E-state index in [1.54, 1.807) is 12.1 Å². The Kier molecular flexibility index (Phi) is 9.13. The minimum absolute atomic E-state index is 0.0258. The van der Waals surface area contributed by atoms with Crippen LogP contribution in [0.4, 0.5) is 39.5 Å². The van der Waals surface area contributed by atoms with Crippen LogP contribution in [0, 0.1) is 29.2 Å². The minimum Gasteiger partial charge on any atom is -0.429 e. The molecule has 1 fully saturated rings. The van der Waals surface area contributed by atoms with Gasteiger partial charge in [0.2, 0.25) is 5.75 Å². The van der Waals surface area contributed by atoms with E-state index in [-0.39, 0.29) is 17.7 Å². The molecule has 0 spiro atoms. The summed E-state index contributed by atoms with van der Waals surface area (Å²) in [5.41, 5.74) is -0.395. The van der Waals surface area contributed by atoms with Gasteiger partial charge in [0.1, 0.15) is 22.9 Å². The van der Waals surface area contributed by atoms with Gasteiger partial charge in [0.15, 0.2) is 11.6 Å². The fraction of sp³-hybridized carbons (Fsp3) is 0.400. The summed E-state index contributed by atoms with van der Waals surface area (Å²) in [6.07, 6.45) is -2.34. The third-order valence-electron chi connectivity index (χ3n) is 7.27. The molecule has 2 nitrogen and oxygen atoms in total. The predicted molar refractivity (Wildman–Crippen MR) is 134 cm³/mol. The zero-order chi connectivity index (χ0) is 29.9. The van der Waals surface area contributed by atoms with E-state index in [1.807, 2.05) is 12.1 Å². The van der Waals surface area contributed by atoms with Crippen molar-refractivity contribution in [1.29, 1.82) is 0 Å². The molecule has 0 radical (unpaired) electrons. The van der Waals surface area contributed by atoms with Crippen LogP contribution in [0.2, 0.25) is 0 Å². The molecule has 2 unspecified atom stereocenters. The normalized spacial score (nSPS) is 18.2. The van der Waals surface area contributed by atoms with Crippen molar-refractivity contribution in [3.8, 4) is 22.6 Å². The highest BCUT2D eigenvalue weighted by molar-refractivity contribution is 5.64. The molecule has 0 aromatic heterocycles. The molecule has 2 atom stereocenters. The Labute approximate surface area is 231 Å². The van der Waals surface area contributed by atoms with E-state index in [9.17, 15) is 39.5 Å². The fourth-order valence-corrected chi connectivity index (χ4v) is 5.38. The van der Waals surface area contributed by atoms with Crippen molar-refractivity contribution in [3.05, 3.63) is 82.9 Å². The number of alkyl halides is 5. The second-order valence-corrected chi connectivity index (χ2v) is 10.2. The number of halogens is 9. The lowest BCUT2D eigenvalue weighted by molar-refractivity contribution is -0.276. The maximum Gasteiger partial charge on any atom is 0.573 e. The van der Waals surface area contributed by atoms with Gasteiger partial charge in [-0.2, -0.15) is 8.78 Å². The Morgan fingerprint density at radius 2 is 1.32 bits per heavy atom. The van der Waals surface area contributed by atoms with Crippen LogP contribution in [0.1, 0.15) is 68.9 Å². The summed E-state index contributed by atoms with van der Waals surface area (Å²) >= 11 is 0. The molecule has 4 rings (SSSR count). The third-order valence-corrected chi connectivity index (χ3v) is 7.27. The van der Waals surface area contributed by atoms with E-state index in [0.717, 1.165) is 43.6 Å². The Morgan fingerprint density at radius 3 is 1.88 bits per heavy atom. The summed E-state index contributed by atoms with van der Waals surface area (Å²) in [6.45, 7) is 2.18. The summed E-state index contributed by atoms with van der Waals surface area (Å²) in [5, 5.41) is 0. The molecule has 41 heavy (non-hydrogen) atoms. The summed E-state index contributed by atoms with van der Waals surface area (Å²) in [7, 11) is 0. The smallest absolute Gasteiger partial charge is 0.429 e. The van der Waals surface area contributed by atoms with Gasteiger partial charge in [-0.1, -0.05) is 56.9 Å². The van der Waals surface area contributed by atoms with Crippen LogP contribution in [0.15, 0.2) is 48.5 Å².